The fourth-order valence-electron chi connectivity index (χ4n) is 2.32. The number of nitrogens with zero attached hydrogens (tertiary/aromatic N) is 3. The highest BCUT2D eigenvalue weighted by Gasteiger charge is 2.30. The summed E-state index contributed by atoms with van der Waals surface area (Å²) in [6.07, 6.45) is 1.04. The number of rotatable bonds is 3. The smallest absolute Gasteiger partial charge is 0.311 e. The quantitative estimate of drug-likeness (QED) is 0.480. The van der Waals surface area contributed by atoms with Gasteiger partial charge in [0.25, 0.3) is 0 Å². The average molecular weight is 270 g/mol. The number of anilines is 1. The molecule has 6 heteroatoms. The minimum atomic E-state index is -0.401. The molecule has 0 saturated carbocycles. The Bertz CT molecular complexity index is 465. The number of pyridine rings is 1. The SMILES string of the molecule is CC(C)C1CCN(c2nc(Cl)ccc2[N+](=O)[O-])C1. The van der Waals surface area contributed by atoms with E-state index in [-0.39, 0.29) is 5.69 Å². The standard InChI is InChI=1S/C12H16ClN3O2/c1-8(2)9-5-6-15(7-9)12-10(16(17)18)3-4-11(13)14-12/h3-4,8-9H,5-7H2,1-2H3. The molecule has 0 spiro atoms. The monoisotopic (exact) mass is 269 g/mol. The topological polar surface area (TPSA) is 59.3 Å². The molecule has 1 fully saturated rings. The van der Waals surface area contributed by atoms with Crippen LogP contribution in [0.1, 0.15) is 20.3 Å². The zero-order chi connectivity index (χ0) is 13.3. The molecule has 1 unspecified atom stereocenters. The number of aromatic nitrogens is 1. The van der Waals surface area contributed by atoms with Crippen LogP contribution in [0.4, 0.5) is 11.5 Å². The third-order valence-electron chi connectivity index (χ3n) is 3.48. The summed E-state index contributed by atoms with van der Waals surface area (Å²) in [6, 6.07) is 2.88. The molecule has 0 amide bonds. The van der Waals surface area contributed by atoms with Gasteiger partial charge in [0.2, 0.25) is 5.82 Å². The number of nitro groups is 1. The molecular weight excluding hydrogens is 254 g/mol. The first-order valence-electron chi connectivity index (χ1n) is 6.05. The van der Waals surface area contributed by atoms with E-state index < -0.39 is 4.92 Å². The van der Waals surface area contributed by atoms with Crippen molar-refractivity contribution in [2.75, 3.05) is 18.0 Å². The highest BCUT2D eigenvalue weighted by atomic mass is 35.5. The maximum Gasteiger partial charge on any atom is 0.311 e. The van der Waals surface area contributed by atoms with Gasteiger partial charge in [0.15, 0.2) is 0 Å². The third kappa shape index (κ3) is 2.56. The Morgan fingerprint density at radius 2 is 2.28 bits per heavy atom. The highest BCUT2D eigenvalue weighted by Crippen LogP contribution is 2.33. The summed E-state index contributed by atoms with van der Waals surface area (Å²) < 4.78 is 0. The molecule has 1 aromatic rings. The Balaban J connectivity index is 2.28. The molecular formula is C12H16ClN3O2. The molecule has 0 aliphatic carbocycles. The van der Waals surface area contributed by atoms with E-state index in [0.717, 1.165) is 19.5 Å². The van der Waals surface area contributed by atoms with Crippen molar-refractivity contribution in [3.8, 4) is 0 Å². The van der Waals surface area contributed by atoms with Gasteiger partial charge >= 0.3 is 5.69 Å². The Morgan fingerprint density at radius 1 is 1.56 bits per heavy atom. The van der Waals surface area contributed by atoms with Crippen molar-refractivity contribution in [2.45, 2.75) is 20.3 Å². The zero-order valence-corrected chi connectivity index (χ0v) is 11.2. The zero-order valence-electron chi connectivity index (χ0n) is 10.5. The van der Waals surface area contributed by atoms with Crippen molar-refractivity contribution in [3.05, 3.63) is 27.4 Å². The van der Waals surface area contributed by atoms with Crippen molar-refractivity contribution in [2.24, 2.45) is 11.8 Å². The minimum Gasteiger partial charge on any atom is -0.351 e. The Morgan fingerprint density at radius 3 is 2.83 bits per heavy atom. The van der Waals surface area contributed by atoms with Gasteiger partial charge in [0.1, 0.15) is 5.15 Å². The maximum atomic E-state index is 11.0. The van der Waals surface area contributed by atoms with Crippen LogP contribution in [0.2, 0.25) is 5.15 Å². The van der Waals surface area contributed by atoms with E-state index in [4.69, 9.17) is 11.6 Å². The summed E-state index contributed by atoms with van der Waals surface area (Å²) in [7, 11) is 0. The summed E-state index contributed by atoms with van der Waals surface area (Å²) in [5.41, 5.74) is 0.0313. The summed E-state index contributed by atoms with van der Waals surface area (Å²) in [5, 5.41) is 11.3. The van der Waals surface area contributed by atoms with Crippen molar-refractivity contribution >= 4 is 23.1 Å². The lowest BCUT2D eigenvalue weighted by Gasteiger charge is -2.18. The summed E-state index contributed by atoms with van der Waals surface area (Å²) in [4.78, 5) is 16.7. The van der Waals surface area contributed by atoms with Crippen molar-refractivity contribution in [1.29, 1.82) is 0 Å². The van der Waals surface area contributed by atoms with E-state index in [9.17, 15) is 10.1 Å². The fourth-order valence-corrected chi connectivity index (χ4v) is 2.46. The first-order chi connectivity index (χ1) is 8.49. The lowest BCUT2D eigenvalue weighted by molar-refractivity contribution is -0.384. The van der Waals surface area contributed by atoms with Gasteiger partial charge in [-0.3, -0.25) is 10.1 Å². The lowest BCUT2D eigenvalue weighted by atomic mass is 9.95. The Hall–Kier alpha value is -1.36. The molecule has 0 N–H and O–H groups in total. The van der Waals surface area contributed by atoms with E-state index >= 15 is 0 Å². The Kier molecular flexibility index (Phi) is 3.71. The van der Waals surface area contributed by atoms with E-state index in [0.29, 0.717) is 22.8 Å². The van der Waals surface area contributed by atoms with Crippen molar-refractivity contribution in [1.82, 2.24) is 4.98 Å². The van der Waals surface area contributed by atoms with Gasteiger partial charge in [-0.05, 0) is 24.3 Å². The number of hydrogen-bond donors (Lipinski definition) is 0. The fraction of sp³-hybridized carbons (Fsp3) is 0.583. The molecule has 1 atom stereocenters. The molecule has 1 aliphatic heterocycles. The molecule has 1 aliphatic rings. The molecule has 5 nitrogen and oxygen atoms in total. The van der Waals surface area contributed by atoms with Crippen molar-refractivity contribution in [3.63, 3.8) is 0 Å². The number of halogens is 1. The predicted molar refractivity (Wildman–Crippen MR) is 71.1 cm³/mol. The maximum absolute atomic E-state index is 11.0. The first-order valence-corrected chi connectivity index (χ1v) is 6.42. The van der Waals surface area contributed by atoms with Gasteiger partial charge < -0.3 is 4.90 Å². The van der Waals surface area contributed by atoms with Crippen LogP contribution >= 0.6 is 11.6 Å². The van der Waals surface area contributed by atoms with E-state index in [2.05, 4.69) is 18.8 Å². The van der Waals surface area contributed by atoms with Crippen molar-refractivity contribution < 1.29 is 4.92 Å². The van der Waals surface area contributed by atoms with Crippen LogP contribution in [0.15, 0.2) is 12.1 Å². The molecule has 1 aromatic heterocycles. The number of hydrogen-bond acceptors (Lipinski definition) is 4. The second-order valence-electron chi connectivity index (χ2n) is 4.97. The first kappa shape index (κ1) is 13.1. The van der Waals surface area contributed by atoms with Crippen LogP contribution in [-0.2, 0) is 0 Å². The van der Waals surface area contributed by atoms with E-state index in [1.165, 1.54) is 12.1 Å². The molecule has 2 heterocycles. The van der Waals surface area contributed by atoms with Crippen LogP contribution in [-0.4, -0.2) is 23.0 Å². The van der Waals surface area contributed by atoms with Gasteiger partial charge in [-0.2, -0.15) is 0 Å². The largest absolute Gasteiger partial charge is 0.351 e. The molecule has 0 bridgehead atoms. The van der Waals surface area contributed by atoms with E-state index in [1.54, 1.807) is 0 Å². The summed E-state index contributed by atoms with van der Waals surface area (Å²) in [6.45, 7) is 5.96. The Labute approximate surface area is 111 Å². The van der Waals surface area contributed by atoms with Gasteiger partial charge in [-0.15, -0.1) is 0 Å². The average Bonchev–Trinajstić information content (AvgIpc) is 2.77. The van der Waals surface area contributed by atoms with Crippen LogP contribution in [0.5, 0.6) is 0 Å². The van der Waals surface area contributed by atoms with Gasteiger partial charge in [0.05, 0.1) is 4.92 Å². The molecule has 18 heavy (non-hydrogen) atoms. The second kappa shape index (κ2) is 5.10. The molecule has 2 rings (SSSR count). The highest BCUT2D eigenvalue weighted by molar-refractivity contribution is 6.29. The van der Waals surface area contributed by atoms with E-state index in [1.807, 2.05) is 4.90 Å². The predicted octanol–water partition coefficient (Wildman–Crippen LogP) is 3.13. The lowest BCUT2D eigenvalue weighted by Crippen LogP contribution is -2.23. The normalized spacial score (nSPS) is 19.6. The molecule has 0 radical (unpaired) electrons. The van der Waals surface area contributed by atoms with Gasteiger partial charge in [-0.25, -0.2) is 4.98 Å². The van der Waals surface area contributed by atoms with Gasteiger partial charge in [0, 0.05) is 19.2 Å². The van der Waals surface area contributed by atoms with Gasteiger partial charge in [-0.1, -0.05) is 25.4 Å². The second-order valence-corrected chi connectivity index (χ2v) is 5.36. The summed E-state index contributed by atoms with van der Waals surface area (Å²) >= 11 is 5.84. The van der Waals surface area contributed by atoms with Crippen LogP contribution < -0.4 is 4.90 Å². The van der Waals surface area contributed by atoms with Crippen LogP contribution in [0.25, 0.3) is 0 Å². The molecule has 0 aromatic carbocycles. The van der Waals surface area contributed by atoms with Crippen LogP contribution in [0.3, 0.4) is 0 Å². The molecule has 98 valence electrons. The van der Waals surface area contributed by atoms with Crippen LogP contribution in [0, 0.1) is 22.0 Å². The third-order valence-corrected chi connectivity index (χ3v) is 3.69. The minimum absolute atomic E-state index is 0.0313. The molecule has 1 saturated heterocycles. The summed E-state index contributed by atoms with van der Waals surface area (Å²) in [5.74, 6) is 1.54.